The van der Waals surface area contributed by atoms with Gasteiger partial charge in [0.15, 0.2) is 6.61 Å². The highest BCUT2D eigenvalue weighted by molar-refractivity contribution is 5.97. The van der Waals surface area contributed by atoms with Crippen molar-refractivity contribution in [3.05, 3.63) is 68.8 Å². The van der Waals surface area contributed by atoms with Gasteiger partial charge in [0.25, 0.3) is 11.6 Å². The van der Waals surface area contributed by atoms with Crippen LogP contribution in [0.2, 0.25) is 0 Å². The fourth-order valence-corrected chi connectivity index (χ4v) is 2.22. The quantitative estimate of drug-likeness (QED) is 0.501. The van der Waals surface area contributed by atoms with Crippen LogP contribution in [0, 0.1) is 35.3 Å². The van der Waals surface area contributed by atoms with Crippen LogP contribution < -0.4 is 5.32 Å². The number of amides is 1. The van der Waals surface area contributed by atoms with Crippen LogP contribution in [0.15, 0.2) is 36.4 Å². The van der Waals surface area contributed by atoms with Gasteiger partial charge in [0.05, 0.1) is 22.1 Å². The average molecular weight is 353 g/mol. The van der Waals surface area contributed by atoms with E-state index in [9.17, 15) is 19.7 Å². The fourth-order valence-electron chi connectivity index (χ4n) is 2.22. The maximum atomic E-state index is 12.0. The minimum atomic E-state index is -0.771. The second-order valence-corrected chi connectivity index (χ2v) is 5.48. The highest BCUT2D eigenvalue weighted by atomic mass is 16.6. The number of carbonyl (C=O) groups is 2. The van der Waals surface area contributed by atoms with Crippen molar-refractivity contribution in [1.29, 1.82) is 5.26 Å². The summed E-state index contributed by atoms with van der Waals surface area (Å²) in [5, 5.41) is 22.4. The predicted molar refractivity (Wildman–Crippen MR) is 92.6 cm³/mol. The van der Waals surface area contributed by atoms with E-state index in [2.05, 4.69) is 5.32 Å². The van der Waals surface area contributed by atoms with E-state index < -0.39 is 23.4 Å². The number of benzene rings is 2. The van der Waals surface area contributed by atoms with Crippen LogP contribution in [0.4, 0.5) is 11.4 Å². The van der Waals surface area contributed by atoms with Gasteiger partial charge in [-0.05, 0) is 43.2 Å². The summed E-state index contributed by atoms with van der Waals surface area (Å²) in [6, 6.07) is 10.6. The van der Waals surface area contributed by atoms with E-state index in [1.165, 1.54) is 30.3 Å². The van der Waals surface area contributed by atoms with E-state index in [0.717, 1.165) is 5.56 Å². The van der Waals surface area contributed by atoms with Gasteiger partial charge in [-0.25, -0.2) is 4.79 Å². The second-order valence-electron chi connectivity index (χ2n) is 5.48. The Balaban J connectivity index is 2.08. The van der Waals surface area contributed by atoms with Crippen molar-refractivity contribution >= 4 is 23.3 Å². The molecule has 2 aromatic carbocycles. The molecule has 0 unspecified atom stereocenters. The highest BCUT2D eigenvalue weighted by Gasteiger charge is 2.20. The molecule has 8 heteroatoms. The van der Waals surface area contributed by atoms with Gasteiger partial charge < -0.3 is 10.1 Å². The normalized spacial score (nSPS) is 9.88. The Labute approximate surface area is 149 Å². The molecule has 0 bridgehead atoms. The van der Waals surface area contributed by atoms with Crippen LogP contribution >= 0.6 is 0 Å². The first-order chi connectivity index (χ1) is 12.3. The number of hydrogen-bond acceptors (Lipinski definition) is 6. The number of ether oxygens (including phenoxy) is 1. The minimum Gasteiger partial charge on any atom is -0.452 e. The van der Waals surface area contributed by atoms with Gasteiger partial charge in [-0.2, -0.15) is 5.26 Å². The number of nitrogens with zero attached hydrogens (tertiary/aromatic N) is 2. The van der Waals surface area contributed by atoms with Gasteiger partial charge in [-0.3, -0.25) is 14.9 Å². The molecule has 132 valence electrons. The van der Waals surface area contributed by atoms with Crippen molar-refractivity contribution in [3.8, 4) is 6.07 Å². The van der Waals surface area contributed by atoms with Crippen molar-refractivity contribution in [2.75, 3.05) is 11.9 Å². The Morgan fingerprint density at radius 1 is 1.27 bits per heavy atom. The largest absolute Gasteiger partial charge is 0.452 e. The number of nitro groups is 1. The molecule has 0 aliphatic carbocycles. The van der Waals surface area contributed by atoms with Crippen LogP contribution in [0.5, 0.6) is 0 Å². The summed E-state index contributed by atoms with van der Waals surface area (Å²) < 4.78 is 4.90. The number of rotatable bonds is 5. The predicted octanol–water partition coefficient (Wildman–Crippen LogP) is 2.88. The molecular weight excluding hydrogens is 338 g/mol. The summed E-state index contributed by atoms with van der Waals surface area (Å²) >= 11 is 0. The van der Waals surface area contributed by atoms with Crippen LogP contribution in [0.3, 0.4) is 0 Å². The van der Waals surface area contributed by atoms with E-state index >= 15 is 0 Å². The molecule has 1 amide bonds. The lowest BCUT2D eigenvalue weighted by molar-refractivity contribution is -0.384. The van der Waals surface area contributed by atoms with Crippen molar-refractivity contribution in [3.63, 3.8) is 0 Å². The molecule has 1 N–H and O–H groups in total. The highest BCUT2D eigenvalue weighted by Crippen LogP contribution is 2.30. The molecule has 0 heterocycles. The number of nitriles is 1. The summed E-state index contributed by atoms with van der Waals surface area (Å²) in [7, 11) is 0. The molecule has 8 nitrogen and oxygen atoms in total. The number of nitrogens with one attached hydrogen (secondary N) is 1. The first-order valence-corrected chi connectivity index (χ1v) is 7.55. The Morgan fingerprint density at radius 2 is 2.00 bits per heavy atom. The number of hydrogen-bond donors (Lipinski definition) is 1. The van der Waals surface area contributed by atoms with Crippen LogP contribution in [-0.2, 0) is 9.53 Å². The van der Waals surface area contributed by atoms with Crippen LogP contribution in [0.25, 0.3) is 0 Å². The zero-order valence-electron chi connectivity index (χ0n) is 14.1. The molecule has 0 spiro atoms. The van der Waals surface area contributed by atoms with E-state index in [1.807, 2.05) is 6.07 Å². The third kappa shape index (κ3) is 4.21. The van der Waals surface area contributed by atoms with Crippen molar-refractivity contribution < 1.29 is 19.2 Å². The smallest absolute Gasteiger partial charge is 0.338 e. The topological polar surface area (TPSA) is 122 Å². The molecule has 0 aliphatic heterocycles. The van der Waals surface area contributed by atoms with Crippen LogP contribution in [-0.4, -0.2) is 23.4 Å². The molecule has 0 aromatic heterocycles. The number of aryl methyl sites for hydroxylation is 1. The minimum absolute atomic E-state index is 0.0718. The zero-order chi connectivity index (χ0) is 19.3. The summed E-state index contributed by atoms with van der Waals surface area (Å²) in [6.45, 7) is 2.80. The monoisotopic (exact) mass is 353 g/mol. The van der Waals surface area contributed by atoms with E-state index in [1.54, 1.807) is 19.9 Å². The Bertz CT molecular complexity index is 931. The molecule has 26 heavy (non-hydrogen) atoms. The summed E-state index contributed by atoms with van der Waals surface area (Å²) in [5.74, 6) is -1.47. The van der Waals surface area contributed by atoms with Crippen molar-refractivity contribution in [1.82, 2.24) is 0 Å². The molecule has 0 saturated carbocycles. The Kier molecular flexibility index (Phi) is 5.65. The number of nitro benzene ring substituents is 1. The van der Waals surface area contributed by atoms with Gasteiger partial charge in [-0.15, -0.1) is 0 Å². The SMILES string of the molecule is Cc1ccc([N+](=O)[O-])c(NC(=O)COC(=O)c2cccc(C#N)c2)c1C. The maximum absolute atomic E-state index is 12.0. The molecule has 0 atom stereocenters. The molecule has 2 aromatic rings. The number of esters is 1. The van der Waals surface area contributed by atoms with E-state index in [4.69, 9.17) is 10.00 Å². The van der Waals surface area contributed by atoms with Gasteiger partial charge in [0.1, 0.15) is 5.69 Å². The average Bonchev–Trinajstić information content (AvgIpc) is 2.63. The maximum Gasteiger partial charge on any atom is 0.338 e. The van der Waals surface area contributed by atoms with Gasteiger partial charge in [0, 0.05) is 6.07 Å². The molecular formula is C18H15N3O5. The Morgan fingerprint density at radius 3 is 2.65 bits per heavy atom. The fraction of sp³-hybridized carbons (Fsp3) is 0.167. The molecule has 2 rings (SSSR count). The summed E-state index contributed by atoms with van der Waals surface area (Å²) in [4.78, 5) is 34.5. The number of carbonyl (C=O) groups excluding carboxylic acids is 2. The molecule has 0 fully saturated rings. The standard InChI is InChI=1S/C18H15N3O5/c1-11-6-7-15(21(24)25)17(12(11)2)20-16(22)10-26-18(23)14-5-3-4-13(8-14)9-19/h3-8H,10H2,1-2H3,(H,20,22). The Hall–Kier alpha value is -3.73. The second kappa shape index (κ2) is 7.90. The molecule has 0 saturated heterocycles. The van der Waals surface area contributed by atoms with E-state index in [0.29, 0.717) is 5.56 Å². The molecule has 0 aliphatic rings. The lowest BCUT2D eigenvalue weighted by Gasteiger charge is -2.11. The third-order valence-electron chi connectivity index (χ3n) is 3.74. The van der Waals surface area contributed by atoms with Crippen molar-refractivity contribution in [2.24, 2.45) is 0 Å². The first-order valence-electron chi connectivity index (χ1n) is 7.55. The first kappa shape index (κ1) is 18.6. The summed E-state index contributed by atoms with van der Waals surface area (Å²) in [6.07, 6.45) is 0. The summed E-state index contributed by atoms with van der Waals surface area (Å²) in [5.41, 5.74) is 1.58. The molecule has 0 radical (unpaired) electrons. The van der Waals surface area contributed by atoms with Crippen molar-refractivity contribution in [2.45, 2.75) is 13.8 Å². The lowest BCUT2D eigenvalue weighted by atomic mass is 10.1. The van der Waals surface area contributed by atoms with E-state index in [-0.39, 0.29) is 22.5 Å². The van der Waals surface area contributed by atoms with Crippen LogP contribution in [0.1, 0.15) is 27.0 Å². The number of anilines is 1. The lowest BCUT2D eigenvalue weighted by Crippen LogP contribution is -2.22. The van der Waals surface area contributed by atoms with Gasteiger partial charge >= 0.3 is 5.97 Å². The zero-order valence-corrected chi connectivity index (χ0v) is 14.1. The third-order valence-corrected chi connectivity index (χ3v) is 3.74. The van der Waals surface area contributed by atoms with Gasteiger partial charge in [-0.1, -0.05) is 12.1 Å². The van der Waals surface area contributed by atoms with Gasteiger partial charge in [0.2, 0.25) is 0 Å².